The number of piperazine rings is 1. The molecule has 0 amide bonds. The number of aromatic nitrogens is 3. The molecule has 2 rings (SSSR count). The largest absolute Gasteiger partial charge is 0.304 e. The Morgan fingerprint density at radius 2 is 2.00 bits per heavy atom. The van der Waals surface area contributed by atoms with Gasteiger partial charge in [-0.3, -0.25) is 4.90 Å². The molecule has 0 bridgehead atoms. The molecule has 0 aromatic carbocycles. The van der Waals surface area contributed by atoms with Crippen LogP contribution in [0.1, 0.15) is 0 Å². The van der Waals surface area contributed by atoms with E-state index >= 15 is 0 Å². The standard InChI is InChI=1S/C8H15N5/c1-11-2-4-12(5-3-11)8-13-7-9-6-10-13/h6-7H,2-5,8H2,1H3. The Morgan fingerprint density at radius 3 is 2.62 bits per heavy atom. The van der Waals surface area contributed by atoms with Crippen LogP contribution in [0.2, 0.25) is 0 Å². The van der Waals surface area contributed by atoms with E-state index in [1.165, 1.54) is 0 Å². The molecule has 0 spiro atoms. The van der Waals surface area contributed by atoms with Crippen LogP contribution in [-0.2, 0) is 6.67 Å². The lowest BCUT2D eigenvalue weighted by molar-refractivity contribution is 0.119. The predicted octanol–water partition coefficient (Wildman–Crippen LogP) is -0.517. The van der Waals surface area contributed by atoms with Crippen LogP contribution >= 0.6 is 0 Å². The molecule has 2 heterocycles. The average molecular weight is 181 g/mol. The molecule has 0 aliphatic carbocycles. The van der Waals surface area contributed by atoms with Gasteiger partial charge in [-0.15, -0.1) is 0 Å². The molecule has 5 heteroatoms. The fourth-order valence-corrected chi connectivity index (χ4v) is 1.50. The summed E-state index contributed by atoms with van der Waals surface area (Å²) in [4.78, 5) is 8.65. The highest BCUT2D eigenvalue weighted by atomic mass is 15.4. The van der Waals surface area contributed by atoms with Crippen molar-refractivity contribution >= 4 is 0 Å². The summed E-state index contributed by atoms with van der Waals surface area (Å²) in [5.41, 5.74) is 0. The Kier molecular flexibility index (Phi) is 2.56. The molecule has 1 aliphatic heterocycles. The summed E-state index contributed by atoms with van der Waals surface area (Å²) in [7, 11) is 2.16. The van der Waals surface area contributed by atoms with Gasteiger partial charge in [-0.05, 0) is 7.05 Å². The van der Waals surface area contributed by atoms with Crippen molar-refractivity contribution < 1.29 is 0 Å². The molecule has 0 atom stereocenters. The Balaban J connectivity index is 1.83. The van der Waals surface area contributed by atoms with Crippen LogP contribution in [0, 0.1) is 0 Å². The average Bonchev–Trinajstić information content (AvgIpc) is 2.62. The third-order valence-electron chi connectivity index (χ3n) is 2.41. The zero-order valence-corrected chi connectivity index (χ0v) is 7.93. The summed E-state index contributed by atoms with van der Waals surface area (Å²) in [6.07, 6.45) is 3.34. The van der Waals surface area contributed by atoms with Crippen LogP contribution in [0.5, 0.6) is 0 Å². The normalized spacial score (nSPS) is 20.7. The molecule has 1 aromatic heterocycles. The van der Waals surface area contributed by atoms with Crippen molar-refractivity contribution in [2.75, 3.05) is 33.2 Å². The van der Waals surface area contributed by atoms with E-state index in [1.54, 1.807) is 12.7 Å². The second kappa shape index (κ2) is 3.85. The highest BCUT2D eigenvalue weighted by Crippen LogP contribution is 1.99. The Bertz CT molecular complexity index is 237. The first-order chi connectivity index (χ1) is 6.34. The van der Waals surface area contributed by atoms with E-state index in [0.29, 0.717) is 0 Å². The highest BCUT2D eigenvalue weighted by Gasteiger charge is 2.13. The summed E-state index contributed by atoms with van der Waals surface area (Å²) >= 11 is 0. The molecule has 1 aliphatic rings. The van der Waals surface area contributed by atoms with E-state index in [1.807, 2.05) is 4.68 Å². The van der Waals surface area contributed by atoms with Gasteiger partial charge in [0.2, 0.25) is 0 Å². The molecular formula is C8H15N5. The zero-order chi connectivity index (χ0) is 9.10. The maximum atomic E-state index is 4.08. The molecule has 0 N–H and O–H groups in total. The Hall–Kier alpha value is -0.940. The van der Waals surface area contributed by atoms with Crippen molar-refractivity contribution in [1.82, 2.24) is 24.6 Å². The lowest BCUT2D eigenvalue weighted by Crippen LogP contribution is -2.44. The van der Waals surface area contributed by atoms with Gasteiger partial charge in [0.15, 0.2) is 0 Å². The van der Waals surface area contributed by atoms with E-state index < -0.39 is 0 Å². The fraction of sp³-hybridized carbons (Fsp3) is 0.750. The number of likely N-dealkylation sites (N-methyl/N-ethyl adjacent to an activating group) is 1. The molecule has 0 unspecified atom stereocenters. The van der Waals surface area contributed by atoms with Crippen molar-refractivity contribution in [3.8, 4) is 0 Å². The van der Waals surface area contributed by atoms with Crippen molar-refractivity contribution in [1.29, 1.82) is 0 Å². The first-order valence-corrected chi connectivity index (χ1v) is 4.58. The van der Waals surface area contributed by atoms with Crippen LogP contribution in [0.15, 0.2) is 12.7 Å². The van der Waals surface area contributed by atoms with E-state index in [0.717, 1.165) is 32.8 Å². The number of rotatable bonds is 2. The highest BCUT2D eigenvalue weighted by molar-refractivity contribution is 4.67. The molecule has 1 fully saturated rings. The molecule has 5 nitrogen and oxygen atoms in total. The van der Waals surface area contributed by atoms with Gasteiger partial charge in [0.05, 0.1) is 6.67 Å². The van der Waals surface area contributed by atoms with Crippen molar-refractivity contribution in [2.24, 2.45) is 0 Å². The molecule has 1 saturated heterocycles. The van der Waals surface area contributed by atoms with Crippen molar-refractivity contribution in [3.63, 3.8) is 0 Å². The second-order valence-corrected chi connectivity index (χ2v) is 3.50. The molecule has 0 radical (unpaired) electrons. The third-order valence-corrected chi connectivity index (χ3v) is 2.41. The zero-order valence-electron chi connectivity index (χ0n) is 7.93. The first-order valence-electron chi connectivity index (χ1n) is 4.58. The maximum Gasteiger partial charge on any atom is 0.137 e. The maximum absolute atomic E-state index is 4.08. The monoisotopic (exact) mass is 181 g/mol. The van der Waals surface area contributed by atoms with Gasteiger partial charge >= 0.3 is 0 Å². The van der Waals surface area contributed by atoms with Crippen molar-refractivity contribution in [3.05, 3.63) is 12.7 Å². The van der Waals surface area contributed by atoms with Gasteiger partial charge < -0.3 is 4.90 Å². The minimum Gasteiger partial charge on any atom is -0.304 e. The predicted molar refractivity (Wildman–Crippen MR) is 49.1 cm³/mol. The van der Waals surface area contributed by atoms with Crippen LogP contribution in [0.25, 0.3) is 0 Å². The third kappa shape index (κ3) is 2.26. The number of hydrogen-bond acceptors (Lipinski definition) is 4. The lowest BCUT2D eigenvalue weighted by atomic mass is 10.3. The van der Waals surface area contributed by atoms with Gasteiger partial charge in [-0.1, -0.05) is 0 Å². The van der Waals surface area contributed by atoms with Crippen LogP contribution in [-0.4, -0.2) is 57.8 Å². The summed E-state index contributed by atoms with van der Waals surface area (Å²) in [6.45, 7) is 5.41. The van der Waals surface area contributed by atoms with Crippen LogP contribution in [0.3, 0.4) is 0 Å². The number of hydrogen-bond donors (Lipinski definition) is 0. The fourth-order valence-electron chi connectivity index (χ4n) is 1.50. The SMILES string of the molecule is CN1CCN(Cn2cncn2)CC1. The first kappa shape index (κ1) is 8.65. The van der Waals surface area contributed by atoms with E-state index in [2.05, 4.69) is 26.9 Å². The lowest BCUT2D eigenvalue weighted by Gasteiger charge is -2.31. The Morgan fingerprint density at radius 1 is 1.23 bits per heavy atom. The van der Waals surface area contributed by atoms with Gasteiger partial charge in [0.25, 0.3) is 0 Å². The smallest absolute Gasteiger partial charge is 0.137 e. The van der Waals surface area contributed by atoms with E-state index in [-0.39, 0.29) is 0 Å². The van der Waals surface area contributed by atoms with Gasteiger partial charge in [0.1, 0.15) is 12.7 Å². The topological polar surface area (TPSA) is 37.2 Å². The van der Waals surface area contributed by atoms with Gasteiger partial charge in [-0.25, -0.2) is 9.67 Å². The summed E-state index contributed by atoms with van der Waals surface area (Å²) in [6, 6.07) is 0. The van der Waals surface area contributed by atoms with E-state index in [9.17, 15) is 0 Å². The van der Waals surface area contributed by atoms with Gasteiger partial charge in [0, 0.05) is 26.2 Å². The summed E-state index contributed by atoms with van der Waals surface area (Å²) in [5, 5.41) is 4.08. The van der Waals surface area contributed by atoms with Crippen LogP contribution in [0.4, 0.5) is 0 Å². The second-order valence-electron chi connectivity index (χ2n) is 3.50. The van der Waals surface area contributed by atoms with Gasteiger partial charge in [-0.2, -0.15) is 5.10 Å². The molecule has 0 saturated carbocycles. The van der Waals surface area contributed by atoms with Crippen LogP contribution < -0.4 is 0 Å². The number of nitrogens with zero attached hydrogens (tertiary/aromatic N) is 5. The quantitative estimate of drug-likeness (QED) is 0.615. The Labute approximate surface area is 78.0 Å². The summed E-state index contributed by atoms with van der Waals surface area (Å²) in [5.74, 6) is 0. The molecule has 13 heavy (non-hydrogen) atoms. The molecular weight excluding hydrogens is 166 g/mol. The molecule has 1 aromatic rings. The summed E-state index contributed by atoms with van der Waals surface area (Å²) < 4.78 is 1.87. The minimum atomic E-state index is 0.869. The molecule has 72 valence electrons. The minimum absolute atomic E-state index is 0.869. The van der Waals surface area contributed by atoms with E-state index in [4.69, 9.17) is 0 Å². The van der Waals surface area contributed by atoms with Crippen molar-refractivity contribution in [2.45, 2.75) is 6.67 Å².